The highest BCUT2D eigenvalue weighted by Gasteiger charge is 2.14. The Morgan fingerprint density at radius 3 is 2.57 bits per heavy atom. The summed E-state index contributed by atoms with van der Waals surface area (Å²) in [5, 5.41) is 13.9. The number of benzene rings is 1. The Morgan fingerprint density at radius 1 is 1.24 bits per heavy atom. The first-order chi connectivity index (χ1) is 9.93. The fourth-order valence-corrected chi connectivity index (χ4v) is 2.12. The van der Waals surface area contributed by atoms with Crippen LogP contribution >= 0.6 is 11.6 Å². The third-order valence-corrected chi connectivity index (χ3v) is 3.24. The van der Waals surface area contributed by atoms with Gasteiger partial charge in [-0.1, -0.05) is 18.5 Å². The van der Waals surface area contributed by atoms with Crippen LogP contribution in [0.2, 0.25) is 5.02 Å². The van der Waals surface area contributed by atoms with E-state index in [0.717, 1.165) is 17.9 Å². The zero-order valence-corrected chi connectivity index (χ0v) is 14.0. The average molecular weight is 316 g/mol. The van der Waals surface area contributed by atoms with Crippen molar-refractivity contribution in [2.45, 2.75) is 45.9 Å². The lowest BCUT2D eigenvalue weighted by Crippen LogP contribution is -2.26. The maximum Gasteiger partial charge on any atom is 0.124 e. The fourth-order valence-electron chi connectivity index (χ4n) is 1.94. The van der Waals surface area contributed by atoms with Crippen LogP contribution in [0.5, 0.6) is 5.75 Å². The molecule has 1 rings (SSSR count). The van der Waals surface area contributed by atoms with E-state index in [0.29, 0.717) is 5.02 Å². The second kappa shape index (κ2) is 9.26. The van der Waals surface area contributed by atoms with Crippen LogP contribution in [0.4, 0.5) is 0 Å². The second-order valence-corrected chi connectivity index (χ2v) is 5.74. The van der Waals surface area contributed by atoms with Crippen LogP contribution < -0.4 is 10.1 Å². The van der Waals surface area contributed by atoms with E-state index < -0.39 is 6.10 Å². The molecule has 0 bridgehead atoms. The van der Waals surface area contributed by atoms with E-state index in [4.69, 9.17) is 21.1 Å². The molecule has 0 spiro atoms. The highest BCUT2D eigenvalue weighted by atomic mass is 35.5. The standard InChI is InChI=1S/C16H26ClNO3/c1-5-18-12(4)15-8-13(17)6-7-16(15)21-10-14(19)9-20-11(2)3/h6-8,11-12,14,18-19H,5,9-10H2,1-4H3. The SMILES string of the molecule is CCNC(C)c1cc(Cl)ccc1OCC(O)COC(C)C. The van der Waals surface area contributed by atoms with Crippen molar-refractivity contribution in [2.75, 3.05) is 19.8 Å². The summed E-state index contributed by atoms with van der Waals surface area (Å²) in [5.74, 6) is 0.733. The number of ether oxygens (including phenoxy) is 2. The van der Waals surface area contributed by atoms with Crippen LogP contribution in [0.3, 0.4) is 0 Å². The number of aliphatic hydroxyl groups is 1. The van der Waals surface area contributed by atoms with Gasteiger partial charge in [0.1, 0.15) is 18.5 Å². The first-order valence-corrected chi connectivity index (χ1v) is 7.77. The average Bonchev–Trinajstić information content (AvgIpc) is 2.43. The summed E-state index contributed by atoms with van der Waals surface area (Å²) >= 11 is 6.06. The fraction of sp³-hybridized carbons (Fsp3) is 0.625. The van der Waals surface area contributed by atoms with E-state index in [1.807, 2.05) is 26.0 Å². The molecule has 0 fully saturated rings. The Hall–Kier alpha value is -0.810. The van der Waals surface area contributed by atoms with Crippen molar-refractivity contribution in [3.8, 4) is 5.75 Å². The molecule has 1 aromatic rings. The van der Waals surface area contributed by atoms with Crippen LogP contribution in [-0.4, -0.2) is 37.1 Å². The molecular formula is C16H26ClNO3. The zero-order chi connectivity index (χ0) is 15.8. The first-order valence-electron chi connectivity index (χ1n) is 7.39. The molecule has 2 N–H and O–H groups in total. The van der Waals surface area contributed by atoms with Crippen LogP contribution in [-0.2, 0) is 4.74 Å². The van der Waals surface area contributed by atoms with E-state index in [1.165, 1.54) is 0 Å². The van der Waals surface area contributed by atoms with Crippen molar-refractivity contribution in [3.05, 3.63) is 28.8 Å². The minimum atomic E-state index is -0.648. The van der Waals surface area contributed by atoms with E-state index >= 15 is 0 Å². The Kier molecular flexibility index (Phi) is 8.04. The predicted octanol–water partition coefficient (Wildman–Crippen LogP) is 3.18. The lowest BCUT2D eigenvalue weighted by atomic mass is 10.1. The van der Waals surface area contributed by atoms with E-state index in [9.17, 15) is 5.11 Å². The van der Waals surface area contributed by atoms with Gasteiger partial charge in [0.15, 0.2) is 0 Å². The summed E-state index contributed by atoms with van der Waals surface area (Å²) in [7, 11) is 0. The van der Waals surface area contributed by atoms with Crippen molar-refractivity contribution in [1.82, 2.24) is 5.32 Å². The molecular weight excluding hydrogens is 290 g/mol. The van der Waals surface area contributed by atoms with Gasteiger partial charge in [-0.25, -0.2) is 0 Å². The molecule has 2 unspecified atom stereocenters. The molecule has 0 saturated carbocycles. The molecule has 0 radical (unpaired) electrons. The molecule has 0 heterocycles. The first kappa shape index (κ1) is 18.2. The van der Waals surface area contributed by atoms with Gasteiger partial charge in [-0.05, 0) is 45.5 Å². The van der Waals surface area contributed by atoms with Crippen molar-refractivity contribution in [2.24, 2.45) is 0 Å². The van der Waals surface area contributed by atoms with Gasteiger partial charge in [-0.3, -0.25) is 0 Å². The number of aliphatic hydroxyl groups excluding tert-OH is 1. The lowest BCUT2D eigenvalue weighted by Gasteiger charge is -2.20. The van der Waals surface area contributed by atoms with Gasteiger partial charge in [-0.15, -0.1) is 0 Å². The Balaban J connectivity index is 2.65. The molecule has 0 aliphatic rings. The second-order valence-electron chi connectivity index (χ2n) is 5.31. The summed E-state index contributed by atoms with van der Waals surface area (Å²) in [6.45, 7) is 9.29. The molecule has 5 heteroatoms. The monoisotopic (exact) mass is 315 g/mol. The van der Waals surface area contributed by atoms with Crippen LogP contribution in [0.15, 0.2) is 18.2 Å². The van der Waals surface area contributed by atoms with Crippen LogP contribution in [0, 0.1) is 0 Å². The van der Waals surface area contributed by atoms with Crippen molar-refractivity contribution < 1.29 is 14.6 Å². The summed E-state index contributed by atoms with van der Waals surface area (Å²) in [4.78, 5) is 0. The Morgan fingerprint density at radius 2 is 1.95 bits per heavy atom. The lowest BCUT2D eigenvalue weighted by molar-refractivity contribution is -0.0124. The number of nitrogens with one attached hydrogen (secondary N) is 1. The molecule has 0 aromatic heterocycles. The third kappa shape index (κ3) is 6.66. The highest BCUT2D eigenvalue weighted by molar-refractivity contribution is 6.30. The van der Waals surface area contributed by atoms with Gasteiger partial charge in [-0.2, -0.15) is 0 Å². The van der Waals surface area contributed by atoms with Crippen molar-refractivity contribution >= 4 is 11.6 Å². The summed E-state index contributed by atoms with van der Waals surface area (Å²) < 4.78 is 11.1. The summed E-state index contributed by atoms with van der Waals surface area (Å²) in [6, 6.07) is 5.64. The van der Waals surface area contributed by atoms with E-state index in [1.54, 1.807) is 6.07 Å². The minimum absolute atomic E-state index is 0.0968. The van der Waals surface area contributed by atoms with Crippen molar-refractivity contribution in [1.29, 1.82) is 0 Å². The minimum Gasteiger partial charge on any atom is -0.490 e. The normalized spacial score (nSPS) is 14.2. The van der Waals surface area contributed by atoms with E-state index in [-0.39, 0.29) is 25.4 Å². The summed E-state index contributed by atoms with van der Waals surface area (Å²) in [5.41, 5.74) is 0.987. The van der Waals surface area contributed by atoms with Gasteiger partial charge in [0.05, 0.1) is 12.7 Å². The number of halogens is 1. The number of rotatable bonds is 9. The van der Waals surface area contributed by atoms with Crippen molar-refractivity contribution in [3.63, 3.8) is 0 Å². The topological polar surface area (TPSA) is 50.7 Å². The molecule has 0 saturated heterocycles. The maximum absolute atomic E-state index is 9.86. The predicted molar refractivity (Wildman–Crippen MR) is 86.1 cm³/mol. The Labute approximate surface area is 132 Å². The van der Waals surface area contributed by atoms with Gasteiger partial charge in [0, 0.05) is 16.6 Å². The smallest absolute Gasteiger partial charge is 0.124 e. The molecule has 0 aliphatic heterocycles. The molecule has 1 aromatic carbocycles. The van der Waals surface area contributed by atoms with Gasteiger partial charge in [0.2, 0.25) is 0 Å². The summed E-state index contributed by atoms with van der Waals surface area (Å²) in [6.07, 6.45) is -0.551. The number of hydrogen-bond acceptors (Lipinski definition) is 4. The van der Waals surface area contributed by atoms with Gasteiger partial charge in [0.25, 0.3) is 0 Å². The largest absolute Gasteiger partial charge is 0.490 e. The van der Waals surface area contributed by atoms with Crippen LogP contribution in [0.25, 0.3) is 0 Å². The molecule has 4 nitrogen and oxygen atoms in total. The van der Waals surface area contributed by atoms with E-state index in [2.05, 4.69) is 19.2 Å². The van der Waals surface area contributed by atoms with Gasteiger partial charge < -0.3 is 19.9 Å². The number of hydrogen-bond donors (Lipinski definition) is 2. The quantitative estimate of drug-likeness (QED) is 0.735. The third-order valence-electron chi connectivity index (χ3n) is 3.00. The van der Waals surface area contributed by atoms with Gasteiger partial charge >= 0.3 is 0 Å². The molecule has 120 valence electrons. The molecule has 2 atom stereocenters. The molecule has 0 amide bonds. The zero-order valence-electron chi connectivity index (χ0n) is 13.2. The molecule has 0 aliphatic carbocycles. The van der Waals surface area contributed by atoms with Crippen LogP contribution in [0.1, 0.15) is 39.3 Å². The maximum atomic E-state index is 9.86. The molecule has 21 heavy (non-hydrogen) atoms. The Bertz CT molecular complexity index is 426. The highest BCUT2D eigenvalue weighted by Crippen LogP contribution is 2.28.